The first-order valence-electron chi connectivity index (χ1n) is 5.30. The fourth-order valence-corrected chi connectivity index (χ4v) is 2.13. The Morgan fingerprint density at radius 1 is 1.60 bits per heavy atom. The van der Waals surface area contributed by atoms with Gasteiger partial charge in [0.25, 0.3) is 0 Å². The number of thioether (sulfide) groups is 1. The van der Waals surface area contributed by atoms with Gasteiger partial charge in [-0.25, -0.2) is 4.68 Å². The highest BCUT2D eigenvalue weighted by Gasteiger charge is 2.21. The maximum Gasteiger partial charge on any atom is 0.165 e. The van der Waals surface area contributed by atoms with E-state index in [2.05, 4.69) is 34.0 Å². The lowest BCUT2D eigenvalue weighted by Gasteiger charge is -2.11. The highest BCUT2D eigenvalue weighted by molar-refractivity contribution is 7.98. The summed E-state index contributed by atoms with van der Waals surface area (Å²) in [6, 6.07) is 1.07. The molecule has 84 valence electrons. The highest BCUT2D eigenvalue weighted by atomic mass is 32.2. The van der Waals surface area contributed by atoms with Gasteiger partial charge in [-0.15, -0.1) is 5.10 Å². The van der Waals surface area contributed by atoms with Gasteiger partial charge in [0, 0.05) is 11.8 Å². The van der Waals surface area contributed by atoms with Gasteiger partial charge in [0.1, 0.15) is 0 Å². The van der Waals surface area contributed by atoms with Crippen molar-refractivity contribution in [1.29, 1.82) is 0 Å². The second-order valence-corrected chi connectivity index (χ2v) is 4.91. The zero-order valence-electron chi connectivity index (χ0n) is 9.18. The molecule has 5 nitrogen and oxygen atoms in total. The predicted molar refractivity (Wildman–Crippen MR) is 60.8 cm³/mol. The summed E-state index contributed by atoms with van der Waals surface area (Å²) < 4.78 is 1.92. The molecule has 1 fully saturated rings. The fraction of sp³-hybridized carbons (Fsp3) is 0.889. The van der Waals surface area contributed by atoms with E-state index in [9.17, 15) is 0 Å². The van der Waals surface area contributed by atoms with Crippen molar-refractivity contribution in [2.75, 3.05) is 12.0 Å². The van der Waals surface area contributed by atoms with Gasteiger partial charge in [-0.2, -0.15) is 11.8 Å². The first-order valence-corrected chi connectivity index (χ1v) is 6.69. The van der Waals surface area contributed by atoms with E-state index in [1.807, 2.05) is 16.4 Å². The van der Waals surface area contributed by atoms with Crippen LogP contribution in [0.1, 0.15) is 31.6 Å². The van der Waals surface area contributed by atoms with Crippen LogP contribution in [0.4, 0.5) is 0 Å². The molecule has 1 N–H and O–H groups in total. The van der Waals surface area contributed by atoms with Crippen molar-refractivity contribution >= 4 is 11.8 Å². The molecule has 1 unspecified atom stereocenters. The van der Waals surface area contributed by atoms with Crippen molar-refractivity contribution in [1.82, 2.24) is 25.5 Å². The molecule has 0 aromatic carbocycles. The first-order chi connectivity index (χ1) is 7.31. The second-order valence-electron chi connectivity index (χ2n) is 4.00. The summed E-state index contributed by atoms with van der Waals surface area (Å²) in [5, 5.41) is 15.2. The fourth-order valence-electron chi connectivity index (χ4n) is 1.51. The number of hydrogen-bond donors (Lipinski definition) is 1. The van der Waals surface area contributed by atoms with Crippen LogP contribution in [-0.4, -0.2) is 38.3 Å². The number of rotatable bonds is 6. The molecule has 0 spiro atoms. The molecule has 1 saturated carbocycles. The minimum atomic E-state index is 0.367. The van der Waals surface area contributed by atoms with Crippen LogP contribution in [0.25, 0.3) is 0 Å². The third-order valence-electron chi connectivity index (χ3n) is 2.51. The summed E-state index contributed by atoms with van der Waals surface area (Å²) >= 11 is 1.82. The van der Waals surface area contributed by atoms with E-state index < -0.39 is 0 Å². The lowest BCUT2D eigenvalue weighted by molar-refractivity contribution is 0.487. The second kappa shape index (κ2) is 4.94. The maximum atomic E-state index is 4.05. The molecule has 1 aliphatic carbocycles. The molecular weight excluding hydrogens is 210 g/mol. The lowest BCUT2D eigenvalue weighted by atomic mass is 10.4. The van der Waals surface area contributed by atoms with Crippen LogP contribution in [0.5, 0.6) is 0 Å². The average molecular weight is 227 g/mol. The van der Waals surface area contributed by atoms with Crippen molar-refractivity contribution in [2.24, 2.45) is 0 Å². The smallest absolute Gasteiger partial charge is 0.165 e. The molecule has 0 bridgehead atoms. The summed E-state index contributed by atoms with van der Waals surface area (Å²) in [6.07, 6.45) is 4.69. The summed E-state index contributed by atoms with van der Waals surface area (Å²) in [4.78, 5) is 0. The maximum absolute atomic E-state index is 4.05. The van der Waals surface area contributed by atoms with Crippen molar-refractivity contribution in [3.8, 4) is 0 Å². The molecule has 0 saturated heterocycles. The Bertz CT molecular complexity index is 309. The van der Waals surface area contributed by atoms with E-state index in [-0.39, 0.29) is 0 Å². The molecule has 6 heteroatoms. The predicted octanol–water partition coefficient (Wildman–Crippen LogP) is 0.849. The Morgan fingerprint density at radius 3 is 3.07 bits per heavy atom. The summed E-state index contributed by atoms with van der Waals surface area (Å²) in [5.74, 6) is 1.99. The molecule has 1 aromatic rings. The van der Waals surface area contributed by atoms with Crippen LogP contribution in [0.3, 0.4) is 0 Å². The Kier molecular flexibility index (Phi) is 3.58. The minimum Gasteiger partial charge on any atom is -0.307 e. The molecule has 2 rings (SSSR count). The average Bonchev–Trinajstić information content (AvgIpc) is 2.93. The zero-order chi connectivity index (χ0) is 10.7. The molecule has 0 aliphatic heterocycles. The summed E-state index contributed by atoms with van der Waals surface area (Å²) in [7, 11) is 0. The normalized spacial score (nSPS) is 18.0. The molecule has 0 amide bonds. The quantitative estimate of drug-likeness (QED) is 0.781. The van der Waals surface area contributed by atoms with Crippen LogP contribution in [0, 0.1) is 0 Å². The highest BCUT2D eigenvalue weighted by Crippen LogP contribution is 2.19. The van der Waals surface area contributed by atoms with E-state index >= 15 is 0 Å². The molecule has 1 atom stereocenters. The van der Waals surface area contributed by atoms with Crippen molar-refractivity contribution < 1.29 is 0 Å². The monoisotopic (exact) mass is 227 g/mol. The number of aromatic nitrogens is 4. The largest absolute Gasteiger partial charge is 0.307 e. The molecule has 1 heterocycles. The van der Waals surface area contributed by atoms with E-state index in [1.165, 1.54) is 12.8 Å². The van der Waals surface area contributed by atoms with Gasteiger partial charge in [-0.1, -0.05) is 0 Å². The van der Waals surface area contributed by atoms with E-state index in [0.29, 0.717) is 12.1 Å². The summed E-state index contributed by atoms with van der Waals surface area (Å²) in [5.41, 5.74) is 0. The van der Waals surface area contributed by atoms with Gasteiger partial charge in [0.15, 0.2) is 5.82 Å². The summed E-state index contributed by atoms with van der Waals surface area (Å²) in [6.45, 7) is 2.93. The number of nitrogens with one attached hydrogen (secondary N) is 1. The molecule has 1 aliphatic rings. The van der Waals surface area contributed by atoms with Gasteiger partial charge in [0.05, 0.1) is 12.6 Å². The topological polar surface area (TPSA) is 55.6 Å². The SMILES string of the molecule is CSCC(C)n1nnnc1CNC1CC1. The lowest BCUT2D eigenvalue weighted by Crippen LogP contribution is -2.21. The Labute approximate surface area is 94.0 Å². The van der Waals surface area contributed by atoms with Crippen molar-refractivity contribution in [3.63, 3.8) is 0 Å². The number of nitrogens with zero attached hydrogens (tertiary/aromatic N) is 4. The van der Waals surface area contributed by atoms with E-state index in [0.717, 1.165) is 18.1 Å². The Morgan fingerprint density at radius 2 is 2.40 bits per heavy atom. The number of tetrazole rings is 1. The van der Waals surface area contributed by atoms with Crippen LogP contribution in [0.15, 0.2) is 0 Å². The third-order valence-corrected chi connectivity index (χ3v) is 3.33. The minimum absolute atomic E-state index is 0.367. The Hall–Kier alpha value is -0.620. The molecule has 1 aromatic heterocycles. The molecular formula is C9H17N5S. The number of hydrogen-bond acceptors (Lipinski definition) is 5. The first kappa shape index (κ1) is 10.9. The van der Waals surface area contributed by atoms with Gasteiger partial charge < -0.3 is 5.32 Å². The van der Waals surface area contributed by atoms with E-state index in [1.54, 1.807) is 0 Å². The zero-order valence-corrected chi connectivity index (χ0v) is 10.00. The van der Waals surface area contributed by atoms with Gasteiger partial charge in [-0.3, -0.25) is 0 Å². The molecule has 0 radical (unpaired) electrons. The van der Waals surface area contributed by atoms with Gasteiger partial charge in [-0.05, 0) is 36.4 Å². The van der Waals surface area contributed by atoms with Crippen LogP contribution < -0.4 is 5.32 Å². The van der Waals surface area contributed by atoms with E-state index in [4.69, 9.17) is 0 Å². The van der Waals surface area contributed by atoms with Crippen molar-refractivity contribution in [3.05, 3.63) is 5.82 Å². The van der Waals surface area contributed by atoms with Crippen molar-refractivity contribution in [2.45, 2.75) is 38.4 Å². The van der Waals surface area contributed by atoms with Crippen LogP contribution in [0.2, 0.25) is 0 Å². The third kappa shape index (κ3) is 2.92. The van der Waals surface area contributed by atoms with Crippen LogP contribution >= 0.6 is 11.8 Å². The molecule has 15 heavy (non-hydrogen) atoms. The van der Waals surface area contributed by atoms with Crippen LogP contribution in [-0.2, 0) is 6.54 Å². The van der Waals surface area contributed by atoms with Gasteiger partial charge >= 0.3 is 0 Å². The Balaban J connectivity index is 1.93. The standard InChI is InChI=1S/C9H17N5S/c1-7(6-15-2)14-9(11-12-13-14)5-10-8-3-4-8/h7-8,10H,3-6H2,1-2H3. The van der Waals surface area contributed by atoms with Gasteiger partial charge in [0.2, 0.25) is 0 Å².